The van der Waals surface area contributed by atoms with Gasteiger partial charge in [-0.05, 0) is 31.0 Å². The number of aliphatic hydroxyl groups is 1. The molecule has 3 aliphatic rings. The zero-order valence-corrected chi connectivity index (χ0v) is 19.3. The Labute approximate surface area is 192 Å². The van der Waals surface area contributed by atoms with Crippen LogP contribution in [-0.2, 0) is 16.1 Å². The van der Waals surface area contributed by atoms with E-state index in [0.29, 0.717) is 6.54 Å². The number of hydrogen-bond acceptors (Lipinski definition) is 7. The third kappa shape index (κ3) is 4.08. The highest BCUT2D eigenvalue weighted by Gasteiger charge is 2.60. The Morgan fingerprint density at radius 1 is 1.31 bits per heavy atom. The van der Waals surface area contributed by atoms with Gasteiger partial charge in [0.15, 0.2) is 0 Å². The van der Waals surface area contributed by atoms with Crippen molar-refractivity contribution in [2.24, 2.45) is 23.3 Å². The lowest BCUT2D eigenvalue weighted by atomic mass is 9.79. The van der Waals surface area contributed by atoms with E-state index in [-0.39, 0.29) is 34.9 Å². The van der Waals surface area contributed by atoms with Crippen LogP contribution in [0.2, 0.25) is 0 Å². The molecule has 0 spiro atoms. The van der Waals surface area contributed by atoms with Crippen molar-refractivity contribution in [3.63, 3.8) is 0 Å². The third-order valence-corrected chi connectivity index (χ3v) is 8.44. The lowest BCUT2D eigenvalue weighted by Crippen LogP contribution is -2.63. The second-order valence-electron chi connectivity index (χ2n) is 9.12. The Morgan fingerprint density at radius 3 is 2.59 bits per heavy atom. The van der Waals surface area contributed by atoms with E-state index in [0.717, 1.165) is 36.5 Å². The number of benzene rings is 1. The predicted molar refractivity (Wildman–Crippen MR) is 123 cm³/mol. The fraction of sp³-hybridized carbons (Fsp3) is 0.565. The van der Waals surface area contributed by atoms with Crippen LogP contribution in [0.5, 0.6) is 0 Å². The summed E-state index contributed by atoms with van der Waals surface area (Å²) in [5, 5.41) is 20.1. The summed E-state index contributed by atoms with van der Waals surface area (Å²) >= 11 is 1.60. The van der Waals surface area contributed by atoms with E-state index >= 15 is 0 Å². The lowest BCUT2D eigenvalue weighted by Gasteiger charge is -2.46. The summed E-state index contributed by atoms with van der Waals surface area (Å²) in [4.78, 5) is 29.0. The monoisotopic (exact) mass is 460 g/mol. The number of thioether (sulfide) groups is 1. The minimum atomic E-state index is -1.06. The molecular weight excluding hydrogens is 428 g/mol. The molecule has 32 heavy (non-hydrogen) atoms. The highest BCUT2D eigenvalue weighted by molar-refractivity contribution is 8.03. The first-order chi connectivity index (χ1) is 15.2. The number of β-lactam (4-membered cyclic amide) rings is 1. The smallest absolute Gasteiger partial charge is 0.353 e. The largest absolute Gasteiger partial charge is 0.477 e. The molecule has 0 aromatic heterocycles. The quantitative estimate of drug-likeness (QED) is 0.424. The van der Waals surface area contributed by atoms with Crippen LogP contribution in [0.1, 0.15) is 37.4 Å². The number of nitrogens with two attached hydrogens (primary N) is 2. The molecule has 0 bridgehead atoms. The molecule has 3 aliphatic heterocycles. The molecule has 0 aliphatic carbocycles. The van der Waals surface area contributed by atoms with Crippen LogP contribution in [0.4, 0.5) is 0 Å². The third-order valence-electron chi connectivity index (χ3n) is 6.90. The van der Waals surface area contributed by atoms with E-state index in [2.05, 4.69) is 17.0 Å². The van der Waals surface area contributed by atoms with Gasteiger partial charge in [-0.15, -0.1) is 11.8 Å². The Kier molecular flexibility index (Phi) is 6.65. The van der Waals surface area contributed by atoms with Crippen LogP contribution < -0.4 is 11.5 Å². The van der Waals surface area contributed by atoms with Crippen molar-refractivity contribution in [2.75, 3.05) is 19.6 Å². The van der Waals surface area contributed by atoms with Gasteiger partial charge in [0, 0.05) is 41.7 Å². The number of hydrogen-bond donors (Lipinski definition) is 4. The van der Waals surface area contributed by atoms with E-state index in [1.165, 1.54) is 10.5 Å². The van der Waals surface area contributed by atoms with Crippen LogP contribution in [-0.4, -0.2) is 68.9 Å². The number of aliphatic hydroxyl groups excluding tert-OH is 1. The Balaban J connectivity index is 1.41. The molecule has 174 valence electrons. The minimum Gasteiger partial charge on any atom is -0.477 e. The van der Waals surface area contributed by atoms with Crippen molar-refractivity contribution in [3.8, 4) is 0 Å². The van der Waals surface area contributed by atoms with E-state index < -0.39 is 18.0 Å². The van der Waals surface area contributed by atoms with Crippen molar-refractivity contribution in [2.45, 2.75) is 50.3 Å². The Hall–Kier alpha value is -1.91. The van der Waals surface area contributed by atoms with Crippen LogP contribution in [0.15, 0.2) is 34.9 Å². The minimum absolute atomic E-state index is 0.0863. The number of rotatable bonds is 8. The number of fused-ring (bicyclic) bond motifs is 1. The van der Waals surface area contributed by atoms with Gasteiger partial charge < -0.3 is 26.6 Å². The van der Waals surface area contributed by atoms with Crippen molar-refractivity contribution < 1.29 is 19.8 Å². The number of nitrogens with zero attached hydrogens (tertiary/aromatic N) is 2. The molecule has 2 fully saturated rings. The van der Waals surface area contributed by atoms with Crippen molar-refractivity contribution in [1.29, 1.82) is 0 Å². The molecule has 2 saturated heterocycles. The highest BCUT2D eigenvalue weighted by Crippen LogP contribution is 2.51. The van der Waals surface area contributed by atoms with Crippen LogP contribution in [0.25, 0.3) is 0 Å². The Bertz CT molecular complexity index is 919. The molecule has 9 heteroatoms. The molecule has 8 nitrogen and oxygen atoms in total. The molecule has 1 aromatic rings. The zero-order valence-electron chi connectivity index (χ0n) is 18.5. The predicted octanol–water partition coefficient (Wildman–Crippen LogP) is 1.11. The van der Waals surface area contributed by atoms with Crippen molar-refractivity contribution >= 4 is 23.6 Å². The van der Waals surface area contributed by atoms with Crippen molar-refractivity contribution in [3.05, 3.63) is 46.0 Å². The first kappa shape index (κ1) is 23.3. The SMILES string of the molecule is C[C@@H](O)[C@H]1C(=O)N2C(C(=O)O)=C(S[C@@H]3CCN(Cc4ccc(C(N)CN)cc4)C3)[C@H](C)[C@H]12. The summed E-state index contributed by atoms with van der Waals surface area (Å²) in [6, 6.07) is 7.82. The maximum absolute atomic E-state index is 12.5. The molecule has 6 N–H and O–H groups in total. The van der Waals surface area contributed by atoms with E-state index in [9.17, 15) is 19.8 Å². The van der Waals surface area contributed by atoms with Gasteiger partial charge in [-0.25, -0.2) is 4.79 Å². The summed E-state index contributed by atoms with van der Waals surface area (Å²) in [5.74, 6) is -1.95. The van der Waals surface area contributed by atoms with Gasteiger partial charge in [-0.1, -0.05) is 31.2 Å². The number of carbonyl (C=O) groups excluding carboxylic acids is 1. The fourth-order valence-electron chi connectivity index (χ4n) is 5.16. The summed E-state index contributed by atoms with van der Waals surface area (Å²) in [6.45, 7) is 6.61. The Morgan fingerprint density at radius 2 is 2.00 bits per heavy atom. The molecule has 4 rings (SSSR count). The number of amides is 1. The number of aliphatic carboxylic acids is 1. The van der Waals surface area contributed by atoms with Crippen LogP contribution >= 0.6 is 11.8 Å². The average Bonchev–Trinajstić information content (AvgIpc) is 3.29. The molecule has 1 aromatic carbocycles. The highest BCUT2D eigenvalue weighted by atomic mass is 32.2. The number of carboxylic acids is 1. The second kappa shape index (κ2) is 9.15. The molecule has 1 unspecified atom stereocenters. The zero-order chi connectivity index (χ0) is 23.2. The number of likely N-dealkylation sites (tertiary alicyclic amines) is 1. The first-order valence-corrected chi connectivity index (χ1v) is 12.0. The maximum Gasteiger partial charge on any atom is 0.353 e. The van der Waals surface area contributed by atoms with Crippen molar-refractivity contribution in [1.82, 2.24) is 9.80 Å². The summed E-state index contributed by atoms with van der Waals surface area (Å²) in [6.07, 6.45) is 0.181. The molecule has 3 heterocycles. The van der Waals surface area contributed by atoms with E-state index in [4.69, 9.17) is 11.5 Å². The van der Waals surface area contributed by atoms with Gasteiger partial charge in [0.05, 0.1) is 18.1 Å². The summed E-state index contributed by atoms with van der Waals surface area (Å²) in [5.41, 5.74) is 14.0. The number of carbonyl (C=O) groups is 2. The average molecular weight is 461 g/mol. The summed E-state index contributed by atoms with van der Waals surface area (Å²) in [7, 11) is 0. The molecule has 0 saturated carbocycles. The van der Waals surface area contributed by atoms with Gasteiger partial charge in [-0.2, -0.15) is 0 Å². The summed E-state index contributed by atoms with van der Waals surface area (Å²) < 4.78 is 0. The van der Waals surface area contributed by atoms with Gasteiger partial charge in [0.2, 0.25) is 5.91 Å². The van der Waals surface area contributed by atoms with Gasteiger partial charge in [0.1, 0.15) is 5.70 Å². The van der Waals surface area contributed by atoms with Gasteiger partial charge in [-0.3, -0.25) is 9.69 Å². The number of carboxylic acid groups (broad SMARTS) is 1. The maximum atomic E-state index is 12.5. The van der Waals surface area contributed by atoms with Crippen LogP contribution in [0.3, 0.4) is 0 Å². The molecular formula is C23H32N4O4S. The van der Waals surface area contributed by atoms with E-state index in [1.54, 1.807) is 18.7 Å². The topological polar surface area (TPSA) is 133 Å². The first-order valence-electron chi connectivity index (χ1n) is 11.1. The standard InChI is InChI=1S/C23H32N4O4S/c1-12-19-18(13(2)28)22(29)27(19)20(23(30)31)21(12)32-16-7-8-26(11-16)10-14-3-5-15(6-4-14)17(25)9-24/h3-6,12-13,16-19,28H,7-11,24-25H2,1-2H3,(H,30,31)/t12-,13-,16-,17?,18-,19-/m1/s1. The normalized spacial score (nSPS) is 29.8. The molecule has 0 radical (unpaired) electrons. The lowest BCUT2D eigenvalue weighted by molar-refractivity contribution is -0.163. The van der Waals surface area contributed by atoms with Crippen LogP contribution in [0, 0.1) is 11.8 Å². The van der Waals surface area contributed by atoms with Gasteiger partial charge >= 0.3 is 5.97 Å². The fourth-order valence-corrected chi connectivity index (χ4v) is 6.68. The molecule has 6 atom stereocenters. The van der Waals surface area contributed by atoms with E-state index in [1.807, 2.05) is 19.1 Å². The van der Waals surface area contributed by atoms with Gasteiger partial charge in [0.25, 0.3) is 0 Å². The molecule has 1 amide bonds. The second-order valence-corrected chi connectivity index (χ2v) is 10.5.